The fraction of sp³-hybridized carbons (Fsp3) is 0.450. The molecule has 6 nitrogen and oxygen atoms in total. The number of carbonyl (C=O) groups excluding carboxylic acids is 2. The highest BCUT2D eigenvalue weighted by atomic mass is 16.3. The Labute approximate surface area is 152 Å². The van der Waals surface area contributed by atoms with E-state index in [0.29, 0.717) is 31.0 Å². The lowest BCUT2D eigenvalue weighted by molar-refractivity contribution is -0.140. The zero-order valence-corrected chi connectivity index (χ0v) is 15.1. The van der Waals surface area contributed by atoms with Crippen LogP contribution in [0.3, 0.4) is 0 Å². The Morgan fingerprint density at radius 1 is 1.27 bits per heavy atom. The largest absolute Gasteiger partial charge is 0.466 e. The quantitative estimate of drug-likeness (QED) is 0.850. The summed E-state index contributed by atoms with van der Waals surface area (Å²) < 4.78 is 5.52. The molecule has 0 N–H and O–H groups in total. The minimum absolute atomic E-state index is 0.0382. The number of aryl methyl sites for hydroxylation is 2. The third kappa shape index (κ3) is 3.00. The molecule has 26 heavy (non-hydrogen) atoms. The summed E-state index contributed by atoms with van der Waals surface area (Å²) in [5, 5.41) is 0. The van der Waals surface area contributed by atoms with Crippen molar-refractivity contribution in [3.8, 4) is 0 Å². The normalized spacial score (nSPS) is 22.6. The summed E-state index contributed by atoms with van der Waals surface area (Å²) in [5.41, 5.74) is 1.49. The fourth-order valence-corrected chi connectivity index (χ4v) is 4.09. The van der Waals surface area contributed by atoms with Crippen LogP contribution in [-0.2, 0) is 11.3 Å². The second-order valence-corrected chi connectivity index (χ2v) is 7.25. The summed E-state index contributed by atoms with van der Waals surface area (Å²) in [6, 6.07) is 7.57. The fourth-order valence-electron chi connectivity index (χ4n) is 4.09. The number of nitrogens with zero attached hydrogens (tertiary/aromatic N) is 3. The van der Waals surface area contributed by atoms with Gasteiger partial charge in [0.25, 0.3) is 5.91 Å². The maximum absolute atomic E-state index is 13.0. The number of rotatable bonds is 3. The number of fused-ring (bicyclic) bond motifs is 4. The highest BCUT2D eigenvalue weighted by Crippen LogP contribution is 2.31. The maximum Gasteiger partial charge on any atom is 0.257 e. The van der Waals surface area contributed by atoms with E-state index in [0.717, 1.165) is 24.3 Å². The molecular formula is C20H23N3O3. The van der Waals surface area contributed by atoms with Gasteiger partial charge in [-0.15, -0.1) is 0 Å². The minimum Gasteiger partial charge on any atom is -0.466 e. The first-order valence-electron chi connectivity index (χ1n) is 9.09. The zero-order valence-electron chi connectivity index (χ0n) is 15.1. The average molecular weight is 353 g/mol. The zero-order chi connectivity index (χ0) is 18.3. The molecule has 3 aliphatic rings. The Hall–Kier alpha value is -2.63. The monoisotopic (exact) mass is 353 g/mol. The number of aromatic nitrogens is 1. The predicted octanol–water partition coefficient (Wildman–Crippen LogP) is 2.55. The molecule has 2 aromatic rings. The van der Waals surface area contributed by atoms with Gasteiger partial charge in [-0.2, -0.15) is 0 Å². The number of hydrogen-bond donors (Lipinski definition) is 0. The lowest BCUT2D eigenvalue weighted by atomic mass is 9.94. The van der Waals surface area contributed by atoms with E-state index in [1.165, 1.54) is 0 Å². The lowest BCUT2D eigenvalue weighted by Gasteiger charge is -2.35. The third-order valence-corrected chi connectivity index (χ3v) is 5.41. The molecule has 3 aliphatic heterocycles. The standard InChI is InChI=1S/C20H23N3O3/c1-13-9-18(14(2)26-13)20(25)22-10-15-6-7-17(12-22)23(19(15)24)11-16-5-3-4-8-21-16/h3-5,8-9,15,17H,6-7,10-12H2,1-2H3/t15-,17+/m1/s1. The molecule has 2 atom stereocenters. The first-order chi connectivity index (χ1) is 12.5. The molecule has 0 saturated carbocycles. The van der Waals surface area contributed by atoms with Crippen LogP contribution in [-0.4, -0.2) is 45.7 Å². The molecule has 2 bridgehead atoms. The number of furan rings is 1. The van der Waals surface area contributed by atoms with Gasteiger partial charge in [0, 0.05) is 25.3 Å². The van der Waals surface area contributed by atoms with E-state index in [2.05, 4.69) is 4.98 Å². The van der Waals surface area contributed by atoms with Crippen molar-refractivity contribution in [2.75, 3.05) is 13.1 Å². The Morgan fingerprint density at radius 2 is 2.12 bits per heavy atom. The van der Waals surface area contributed by atoms with Gasteiger partial charge in [-0.1, -0.05) is 6.07 Å². The van der Waals surface area contributed by atoms with Crippen LogP contribution in [0.15, 0.2) is 34.9 Å². The predicted molar refractivity (Wildman–Crippen MR) is 95.4 cm³/mol. The number of hydrogen-bond acceptors (Lipinski definition) is 4. The van der Waals surface area contributed by atoms with Crippen LogP contribution in [0.5, 0.6) is 0 Å². The van der Waals surface area contributed by atoms with Crippen molar-refractivity contribution in [3.05, 3.63) is 53.2 Å². The van der Waals surface area contributed by atoms with Crippen LogP contribution in [0.4, 0.5) is 0 Å². The van der Waals surface area contributed by atoms with Gasteiger partial charge in [-0.3, -0.25) is 14.6 Å². The first kappa shape index (κ1) is 16.8. The van der Waals surface area contributed by atoms with Gasteiger partial charge in [-0.25, -0.2) is 0 Å². The van der Waals surface area contributed by atoms with Crippen molar-refractivity contribution >= 4 is 11.8 Å². The van der Waals surface area contributed by atoms with Crippen LogP contribution >= 0.6 is 0 Å². The average Bonchev–Trinajstić information content (AvgIpc) is 2.80. The topological polar surface area (TPSA) is 66.7 Å². The second-order valence-electron chi connectivity index (χ2n) is 7.25. The number of pyridine rings is 1. The minimum atomic E-state index is -0.130. The summed E-state index contributed by atoms with van der Waals surface area (Å²) in [4.78, 5) is 34.0. The molecule has 2 amide bonds. The van der Waals surface area contributed by atoms with Crippen molar-refractivity contribution in [3.63, 3.8) is 0 Å². The molecule has 0 aromatic carbocycles. The molecule has 3 fully saturated rings. The summed E-state index contributed by atoms with van der Waals surface area (Å²) >= 11 is 0. The summed E-state index contributed by atoms with van der Waals surface area (Å²) in [6.07, 6.45) is 3.52. The molecule has 6 heteroatoms. The Balaban J connectivity index is 1.57. The molecule has 0 spiro atoms. The second kappa shape index (κ2) is 6.59. The van der Waals surface area contributed by atoms with Crippen LogP contribution in [0.1, 0.15) is 40.4 Å². The van der Waals surface area contributed by atoms with Crippen LogP contribution in [0, 0.1) is 19.8 Å². The van der Waals surface area contributed by atoms with E-state index in [-0.39, 0.29) is 23.8 Å². The molecule has 2 aromatic heterocycles. The van der Waals surface area contributed by atoms with Gasteiger partial charge in [0.2, 0.25) is 5.91 Å². The van der Waals surface area contributed by atoms with E-state index in [1.807, 2.05) is 41.8 Å². The first-order valence-corrected chi connectivity index (χ1v) is 9.09. The highest BCUT2D eigenvalue weighted by Gasteiger charge is 2.42. The Kier molecular flexibility index (Phi) is 4.26. The van der Waals surface area contributed by atoms with Gasteiger partial charge in [0.05, 0.1) is 23.7 Å². The molecule has 0 radical (unpaired) electrons. The van der Waals surface area contributed by atoms with Gasteiger partial charge in [0.1, 0.15) is 11.5 Å². The van der Waals surface area contributed by atoms with E-state index < -0.39 is 0 Å². The molecule has 0 aliphatic carbocycles. The number of carbonyl (C=O) groups is 2. The van der Waals surface area contributed by atoms with E-state index in [1.54, 1.807) is 12.3 Å². The lowest BCUT2D eigenvalue weighted by Crippen LogP contribution is -2.47. The smallest absolute Gasteiger partial charge is 0.257 e. The molecule has 0 unspecified atom stereocenters. The van der Waals surface area contributed by atoms with E-state index in [4.69, 9.17) is 4.42 Å². The van der Waals surface area contributed by atoms with E-state index >= 15 is 0 Å². The molecule has 5 heterocycles. The summed E-state index contributed by atoms with van der Waals surface area (Å²) in [6.45, 7) is 5.21. The SMILES string of the molecule is Cc1cc(C(=O)N2C[C@H]3CC[C@@H](C2)N(Cc2ccccn2)C3=O)c(C)o1. The van der Waals surface area contributed by atoms with Gasteiger partial charge in [0.15, 0.2) is 0 Å². The Bertz CT molecular complexity index is 830. The maximum atomic E-state index is 13.0. The molecular weight excluding hydrogens is 330 g/mol. The van der Waals surface area contributed by atoms with Crippen molar-refractivity contribution in [1.82, 2.24) is 14.8 Å². The van der Waals surface area contributed by atoms with Crippen molar-refractivity contribution < 1.29 is 14.0 Å². The van der Waals surface area contributed by atoms with Crippen LogP contribution in [0.25, 0.3) is 0 Å². The summed E-state index contributed by atoms with van der Waals surface area (Å²) in [5.74, 6) is 1.35. The third-order valence-electron chi connectivity index (χ3n) is 5.41. The highest BCUT2D eigenvalue weighted by molar-refractivity contribution is 5.96. The van der Waals surface area contributed by atoms with Crippen molar-refractivity contribution in [2.24, 2.45) is 5.92 Å². The van der Waals surface area contributed by atoms with Gasteiger partial charge >= 0.3 is 0 Å². The van der Waals surface area contributed by atoms with Crippen LogP contribution < -0.4 is 0 Å². The van der Waals surface area contributed by atoms with Gasteiger partial charge < -0.3 is 14.2 Å². The van der Waals surface area contributed by atoms with E-state index in [9.17, 15) is 9.59 Å². The number of amides is 2. The van der Waals surface area contributed by atoms with Gasteiger partial charge in [-0.05, 0) is 44.9 Å². The van der Waals surface area contributed by atoms with Crippen molar-refractivity contribution in [1.29, 1.82) is 0 Å². The van der Waals surface area contributed by atoms with Crippen molar-refractivity contribution in [2.45, 2.75) is 39.3 Å². The molecule has 3 saturated heterocycles. The molecule has 5 rings (SSSR count). The van der Waals surface area contributed by atoms with Crippen LogP contribution in [0.2, 0.25) is 0 Å². The summed E-state index contributed by atoms with van der Waals surface area (Å²) in [7, 11) is 0. The number of piperidine rings is 1. The molecule has 136 valence electrons. The Morgan fingerprint density at radius 3 is 2.81 bits per heavy atom.